The summed E-state index contributed by atoms with van der Waals surface area (Å²) in [5.74, 6) is -1.07. The maximum atomic E-state index is 13.7. The van der Waals surface area contributed by atoms with Crippen molar-refractivity contribution in [2.75, 3.05) is 6.61 Å². The van der Waals surface area contributed by atoms with E-state index >= 15 is 0 Å². The van der Waals surface area contributed by atoms with Gasteiger partial charge in [0.1, 0.15) is 41.3 Å². The van der Waals surface area contributed by atoms with Gasteiger partial charge in [-0.2, -0.15) is 0 Å². The highest BCUT2D eigenvalue weighted by molar-refractivity contribution is 5.81. The molecule has 6 rings (SSSR count). The molecule has 1 saturated heterocycles. The summed E-state index contributed by atoms with van der Waals surface area (Å²) >= 11 is 0. The standard InChI is InChI=1S/C29H31F2N7O4/c30-19-9-7-17(8-10-19)23-14-37(35-33-23)22-6-2-5-21(12-22)32-29(41)26-13-25(28(40)27(16-39)42-26)38-15-24(34-36-38)18-3-1-4-20(31)11-18/h1,3-4,7-11,14-15,21-22,25-28,39-40H,2,5-6,12-13,16H2,(H,32,41)/t21-,22+,25-,26-,27-,28-/m1/s1. The Bertz CT molecular complexity index is 1530. The Morgan fingerprint density at radius 3 is 2.45 bits per heavy atom. The first kappa shape index (κ1) is 28.1. The zero-order chi connectivity index (χ0) is 29.2. The van der Waals surface area contributed by atoms with Gasteiger partial charge >= 0.3 is 0 Å². The molecule has 13 heteroatoms. The van der Waals surface area contributed by atoms with Crippen LogP contribution >= 0.6 is 0 Å². The molecule has 2 aromatic carbocycles. The first-order valence-corrected chi connectivity index (χ1v) is 14.0. The lowest BCUT2D eigenvalue weighted by Crippen LogP contribution is -2.54. The number of hydrogen-bond donors (Lipinski definition) is 3. The number of nitrogens with zero attached hydrogens (tertiary/aromatic N) is 6. The average molecular weight is 580 g/mol. The van der Waals surface area contributed by atoms with E-state index in [1.54, 1.807) is 35.1 Å². The summed E-state index contributed by atoms with van der Waals surface area (Å²) < 4.78 is 36.0. The third kappa shape index (κ3) is 5.94. The molecule has 0 radical (unpaired) electrons. The van der Waals surface area contributed by atoms with Gasteiger partial charge in [0.15, 0.2) is 0 Å². The number of carbonyl (C=O) groups is 1. The predicted octanol–water partition coefficient (Wildman–Crippen LogP) is 2.83. The Morgan fingerprint density at radius 2 is 1.69 bits per heavy atom. The minimum absolute atomic E-state index is 0.0224. The third-order valence-electron chi connectivity index (χ3n) is 8.03. The first-order valence-electron chi connectivity index (χ1n) is 14.0. The maximum absolute atomic E-state index is 13.7. The Labute approximate surface area is 240 Å². The number of nitrogens with one attached hydrogen (secondary N) is 1. The molecule has 2 aromatic heterocycles. The van der Waals surface area contributed by atoms with Crippen LogP contribution in [0.2, 0.25) is 0 Å². The van der Waals surface area contributed by atoms with Gasteiger partial charge in [-0.15, -0.1) is 10.2 Å². The van der Waals surface area contributed by atoms with E-state index in [0.29, 0.717) is 23.4 Å². The van der Waals surface area contributed by atoms with Gasteiger partial charge in [-0.1, -0.05) is 22.6 Å². The lowest BCUT2D eigenvalue weighted by molar-refractivity contribution is -0.171. The molecule has 4 aromatic rings. The van der Waals surface area contributed by atoms with E-state index in [1.807, 2.05) is 6.20 Å². The van der Waals surface area contributed by atoms with E-state index in [1.165, 1.54) is 28.9 Å². The molecule has 0 unspecified atom stereocenters. The summed E-state index contributed by atoms with van der Waals surface area (Å²) in [6.45, 7) is -0.485. The van der Waals surface area contributed by atoms with Gasteiger partial charge in [0.2, 0.25) is 5.91 Å². The van der Waals surface area contributed by atoms with Gasteiger partial charge in [-0.05, 0) is 62.1 Å². The van der Waals surface area contributed by atoms with Crippen LogP contribution in [0.1, 0.15) is 44.2 Å². The van der Waals surface area contributed by atoms with Gasteiger partial charge in [0, 0.05) is 23.6 Å². The number of rotatable bonds is 7. The summed E-state index contributed by atoms with van der Waals surface area (Å²) in [6, 6.07) is 11.2. The molecule has 2 aliphatic rings. The number of hydrogen-bond acceptors (Lipinski definition) is 8. The van der Waals surface area contributed by atoms with E-state index in [9.17, 15) is 23.8 Å². The molecule has 42 heavy (non-hydrogen) atoms. The van der Waals surface area contributed by atoms with Crippen molar-refractivity contribution in [2.45, 2.75) is 68.5 Å². The van der Waals surface area contributed by atoms with Gasteiger partial charge in [-0.25, -0.2) is 18.1 Å². The molecule has 1 aliphatic carbocycles. The fourth-order valence-corrected chi connectivity index (χ4v) is 5.79. The molecular weight excluding hydrogens is 548 g/mol. The second-order valence-corrected chi connectivity index (χ2v) is 10.9. The Kier molecular flexibility index (Phi) is 8.05. The zero-order valence-corrected chi connectivity index (χ0v) is 22.6. The van der Waals surface area contributed by atoms with Crippen LogP contribution in [0.15, 0.2) is 60.9 Å². The van der Waals surface area contributed by atoms with Crippen LogP contribution in [0, 0.1) is 11.6 Å². The smallest absolute Gasteiger partial charge is 0.249 e. The van der Waals surface area contributed by atoms with Crippen LogP contribution in [0.25, 0.3) is 22.5 Å². The molecule has 1 saturated carbocycles. The topological polar surface area (TPSA) is 140 Å². The molecule has 1 aliphatic heterocycles. The lowest BCUT2D eigenvalue weighted by atomic mass is 9.90. The quantitative estimate of drug-likeness (QED) is 0.304. The molecule has 3 heterocycles. The molecule has 1 amide bonds. The number of benzene rings is 2. The zero-order valence-electron chi connectivity index (χ0n) is 22.6. The van der Waals surface area contributed by atoms with E-state index in [-0.39, 0.29) is 30.2 Å². The number of ether oxygens (including phenoxy) is 1. The van der Waals surface area contributed by atoms with Crippen molar-refractivity contribution < 1.29 is 28.5 Å². The number of amides is 1. The fraction of sp³-hybridized carbons (Fsp3) is 0.414. The molecule has 220 valence electrons. The van der Waals surface area contributed by atoms with Crippen LogP contribution in [-0.4, -0.2) is 77.1 Å². The van der Waals surface area contributed by atoms with Crippen molar-refractivity contribution >= 4 is 5.91 Å². The lowest BCUT2D eigenvalue weighted by Gasteiger charge is -2.38. The number of halogens is 2. The minimum atomic E-state index is -1.14. The van der Waals surface area contributed by atoms with Crippen LogP contribution in [0.4, 0.5) is 8.78 Å². The van der Waals surface area contributed by atoms with E-state index in [2.05, 4.69) is 25.9 Å². The Hall–Kier alpha value is -4.07. The number of aliphatic hydroxyl groups is 2. The predicted molar refractivity (Wildman–Crippen MR) is 146 cm³/mol. The number of carbonyl (C=O) groups excluding carboxylic acids is 1. The van der Waals surface area contributed by atoms with Gasteiger partial charge in [0.25, 0.3) is 0 Å². The summed E-state index contributed by atoms with van der Waals surface area (Å²) in [7, 11) is 0. The van der Waals surface area contributed by atoms with Gasteiger partial charge < -0.3 is 20.3 Å². The third-order valence-corrected chi connectivity index (χ3v) is 8.03. The second-order valence-electron chi connectivity index (χ2n) is 10.9. The van der Waals surface area contributed by atoms with Crippen molar-refractivity contribution in [3.8, 4) is 22.5 Å². The molecule has 0 spiro atoms. The largest absolute Gasteiger partial charge is 0.394 e. The second kappa shape index (κ2) is 12.0. The normalized spacial score (nSPS) is 26.2. The van der Waals surface area contributed by atoms with Crippen LogP contribution in [-0.2, 0) is 9.53 Å². The van der Waals surface area contributed by atoms with Crippen LogP contribution in [0.5, 0.6) is 0 Å². The van der Waals surface area contributed by atoms with Crippen molar-refractivity contribution in [3.05, 3.63) is 72.6 Å². The van der Waals surface area contributed by atoms with E-state index < -0.39 is 36.8 Å². The Balaban J connectivity index is 1.12. The van der Waals surface area contributed by atoms with E-state index in [4.69, 9.17) is 4.74 Å². The Morgan fingerprint density at radius 1 is 0.952 bits per heavy atom. The fourth-order valence-electron chi connectivity index (χ4n) is 5.79. The summed E-state index contributed by atoms with van der Waals surface area (Å²) in [4.78, 5) is 13.4. The van der Waals surface area contributed by atoms with Crippen molar-refractivity contribution in [3.63, 3.8) is 0 Å². The van der Waals surface area contributed by atoms with E-state index in [0.717, 1.165) is 24.8 Å². The van der Waals surface area contributed by atoms with Gasteiger partial charge in [-0.3, -0.25) is 4.79 Å². The molecule has 0 bridgehead atoms. The minimum Gasteiger partial charge on any atom is -0.394 e. The summed E-state index contributed by atoms with van der Waals surface area (Å²) in [5, 5.41) is 40.6. The first-order chi connectivity index (χ1) is 20.4. The monoisotopic (exact) mass is 579 g/mol. The number of aromatic nitrogens is 6. The van der Waals surface area contributed by atoms with Crippen molar-refractivity contribution in [2.24, 2.45) is 0 Å². The highest BCUT2D eigenvalue weighted by Gasteiger charge is 2.42. The summed E-state index contributed by atoms with van der Waals surface area (Å²) in [6.07, 6.45) is 3.62. The molecule has 11 nitrogen and oxygen atoms in total. The van der Waals surface area contributed by atoms with Crippen molar-refractivity contribution in [1.29, 1.82) is 0 Å². The highest BCUT2D eigenvalue weighted by atomic mass is 19.1. The van der Waals surface area contributed by atoms with Crippen LogP contribution < -0.4 is 5.32 Å². The van der Waals surface area contributed by atoms with Crippen LogP contribution in [0.3, 0.4) is 0 Å². The van der Waals surface area contributed by atoms with Crippen molar-refractivity contribution in [1.82, 2.24) is 35.3 Å². The average Bonchev–Trinajstić information content (AvgIpc) is 3.69. The maximum Gasteiger partial charge on any atom is 0.249 e. The molecule has 2 fully saturated rings. The molecule has 3 N–H and O–H groups in total. The van der Waals surface area contributed by atoms with Gasteiger partial charge in [0.05, 0.1) is 31.1 Å². The molecule has 6 atom stereocenters. The summed E-state index contributed by atoms with van der Waals surface area (Å²) in [5.41, 5.74) is 2.35. The highest BCUT2D eigenvalue weighted by Crippen LogP contribution is 2.32. The SMILES string of the molecule is O=C(N[C@@H]1CCC[C@H](n2cc(-c3ccc(F)cc3)nn2)C1)[C@H]1C[C@@H](n2cc(-c3cccc(F)c3)nn2)[C@@H](O)[C@@H](CO)O1. The number of aliphatic hydroxyl groups excluding tert-OH is 2. The molecular formula is C29H31F2N7O4.